The molecule has 0 aliphatic heterocycles. The van der Waals surface area contributed by atoms with Crippen molar-refractivity contribution in [2.45, 2.75) is 0 Å². The van der Waals surface area contributed by atoms with Crippen LogP contribution in [0.4, 0.5) is 0 Å². The minimum absolute atomic E-state index is 0.0523. The summed E-state index contributed by atoms with van der Waals surface area (Å²) in [7, 11) is 0. The SMILES string of the molecule is NCC(O)=Cc1ccccc1O. The highest BCUT2D eigenvalue weighted by atomic mass is 16.3. The molecular formula is C9H11NO2. The van der Waals surface area contributed by atoms with Gasteiger partial charge in [-0.05, 0) is 12.1 Å². The average Bonchev–Trinajstić information content (AvgIpc) is 2.09. The van der Waals surface area contributed by atoms with Gasteiger partial charge >= 0.3 is 0 Å². The lowest BCUT2D eigenvalue weighted by Gasteiger charge is -1.98. The van der Waals surface area contributed by atoms with Gasteiger partial charge in [0.25, 0.3) is 0 Å². The number of hydrogen-bond acceptors (Lipinski definition) is 3. The smallest absolute Gasteiger partial charge is 0.122 e. The van der Waals surface area contributed by atoms with Gasteiger partial charge in [-0.25, -0.2) is 0 Å². The van der Waals surface area contributed by atoms with Gasteiger partial charge in [0.15, 0.2) is 0 Å². The minimum Gasteiger partial charge on any atom is -0.511 e. The highest BCUT2D eigenvalue weighted by Crippen LogP contribution is 2.17. The van der Waals surface area contributed by atoms with E-state index in [4.69, 9.17) is 10.8 Å². The Balaban J connectivity index is 2.96. The van der Waals surface area contributed by atoms with Crippen LogP contribution in [0.25, 0.3) is 6.08 Å². The summed E-state index contributed by atoms with van der Waals surface area (Å²) in [6.07, 6.45) is 1.44. The normalized spacial score (nSPS) is 11.6. The maximum Gasteiger partial charge on any atom is 0.122 e. The molecule has 0 saturated carbocycles. The fourth-order valence-corrected chi connectivity index (χ4v) is 0.848. The highest BCUT2D eigenvalue weighted by molar-refractivity contribution is 5.57. The molecule has 12 heavy (non-hydrogen) atoms. The van der Waals surface area contributed by atoms with E-state index < -0.39 is 0 Å². The molecule has 1 aromatic carbocycles. The summed E-state index contributed by atoms with van der Waals surface area (Å²) < 4.78 is 0. The van der Waals surface area contributed by atoms with Gasteiger partial charge in [0.05, 0.1) is 6.54 Å². The van der Waals surface area contributed by atoms with Gasteiger partial charge < -0.3 is 15.9 Å². The van der Waals surface area contributed by atoms with Gasteiger partial charge in [-0.3, -0.25) is 0 Å². The van der Waals surface area contributed by atoms with Crippen LogP contribution in [-0.4, -0.2) is 16.8 Å². The van der Waals surface area contributed by atoms with E-state index in [1.807, 2.05) is 0 Å². The number of nitrogens with two attached hydrogens (primary N) is 1. The second-order valence-electron chi connectivity index (χ2n) is 2.40. The van der Waals surface area contributed by atoms with Crippen molar-refractivity contribution < 1.29 is 10.2 Å². The number of hydrogen-bond donors (Lipinski definition) is 3. The Labute approximate surface area is 70.8 Å². The molecule has 0 saturated heterocycles. The average molecular weight is 165 g/mol. The van der Waals surface area contributed by atoms with E-state index in [1.54, 1.807) is 24.3 Å². The Kier molecular flexibility index (Phi) is 2.71. The van der Waals surface area contributed by atoms with Crippen molar-refractivity contribution in [3.63, 3.8) is 0 Å². The molecule has 3 nitrogen and oxygen atoms in total. The molecule has 0 atom stereocenters. The number of phenolic OH excluding ortho intramolecular Hbond substituents is 1. The van der Waals surface area contributed by atoms with E-state index in [1.165, 1.54) is 6.08 Å². The van der Waals surface area contributed by atoms with E-state index in [0.717, 1.165) is 0 Å². The van der Waals surface area contributed by atoms with Gasteiger partial charge in [-0.1, -0.05) is 18.2 Å². The summed E-state index contributed by atoms with van der Waals surface area (Å²) in [4.78, 5) is 0. The number of aliphatic hydroxyl groups excluding tert-OH is 1. The first kappa shape index (κ1) is 8.62. The maximum atomic E-state index is 9.26. The highest BCUT2D eigenvalue weighted by Gasteiger charge is 1.96. The summed E-state index contributed by atoms with van der Waals surface area (Å²) in [5.74, 6) is 0.189. The lowest BCUT2D eigenvalue weighted by Crippen LogP contribution is -2.01. The third kappa shape index (κ3) is 2.00. The van der Waals surface area contributed by atoms with Gasteiger partial charge in [0.2, 0.25) is 0 Å². The molecule has 1 rings (SSSR count). The quantitative estimate of drug-likeness (QED) is 0.578. The number of para-hydroxylation sites is 1. The molecule has 0 radical (unpaired) electrons. The van der Waals surface area contributed by atoms with Crippen molar-refractivity contribution in [2.75, 3.05) is 6.54 Å². The van der Waals surface area contributed by atoms with Crippen LogP contribution < -0.4 is 5.73 Å². The van der Waals surface area contributed by atoms with Crippen molar-refractivity contribution in [3.8, 4) is 5.75 Å². The standard InChI is InChI=1S/C9H11NO2/c10-6-8(11)5-7-3-1-2-4-9(7)12/h1-5,11-12H,6,10H2. The molecule has 4 N–H and O–H groups in total. The number of benzene rings is 1. The zero-order valence-corrected chi connectivity index (χ0v) is 6.57. The van der Waals surface area contributed by atoms with Crippen LogP contribution in [0.1, 0.15) is 5.56 Å². The number of aliphatic hydroxyl groups is 1. The number of aromatic hydroxyl groups is 1. The molecular weight excluding hydrogens is 154 g/mol. The largest absolute Gasteiger partial charge is 0.511 e. The minimum atomic E-state index is 0.0523. The fraction of sp³-hybridized carbons (Fsp3) is 0.111. The first-order valence-corrected chi connectivity index (χ1v) is 3.61. The van der Waals surface area contributed by atoms with Crippen molar-refractivity contribution in [1.82, 2.24) is 0 Å². The summed E-state index contributed by atoms with van der Waals surface area (Å²) in [5.41, 5.74) is 5.74. The van der Waals surface area contributed by atoms with Crippen LogP contribution in [0.15, 0.2) is 30.0 Å². The fourth-order valence-electron chi connectivity index (χ4n) is 0.848. The molecule has 1 aromatic rings. The number of phenols is 1. The molecule has 0 fully saturated rings. The van der Waals surface area contributed by atoms with Gasteiger partial charge in [-0.2, -0.15) is 0 Å². The van der Waals surface area contributed by atoms with E-state index in [2.05, 4.69) is 0 Å². The van der Waals surface area contributed by atoms with E-state index in [9.17, 15) is 5.11 Å². The van der Waals surface area contributed by atoms with Crippen LogP contribution in [0, 0.1) is 0 Å². The molecule has 0 heterocycles. The van der Waals surface area contributed by atoms with Gasteiger partial charge in [0, 0.05) is 5.56 Å². The molecule has 0 spiro atoms. The zero-order chi connectivity index (χ0) is 8.97. The topological polar surface area (TPSA) is 66.5 Å². The summed E-state index contributed by atoms with van der Waals surface area (Å²) in [6, 6.07) is 6.73. The van der Waals surface area contributed by atoms with Crippen molar-refractivity contribution in [2.24, 2.45) is 5.73 Å². The van der Waals surface area contributed by atoms with E-state index >= 15 is 0 Å². The Hall–Kier alpha value is -1.48. The Morgan fingerprint density at radius 3 is 2.67 bits per heavy atom. The van der Waals surface area contributed by atoms with Crippen LogP contribution in [0.3, 0.4) is 0 Å². The predicted molar refractivity (Wildman–Crippen MR) is 47.8 cm³/mol. The van der Waals surface area contributed by atoms with Gasteiger partial charge in [-0.15, -0.1) is 0 Å². The molecule has 0 amide bonds. The first-order valence-electron chi connectivity index (χ1n) is 3.61. The second kappa shape index (κ2) is 3.78. The number of rotatable bonds is 2. The van der Waals surface area contributed by atoms with E-state index in [0.29, 0.717) is 5.56 Å². The third-order valence-electron chi connectivity index (χ3n) is 1.47. The maximum absolute atomic E-state index is 9.26. The summed E-state index contributed by atoms with van der Waals surface area (Å²) in [6.45, 7) is 0.0777. The molecule has 0 aliphatic rings. The first-order chi connectivity index (χ1) is 5.74. The van der Waals surface area contributed by atoms with Crippen molar-refractivity contribution in [3.05, 3.63) is 35.6 Å². The molecule has 64 valence electrons. The Bertz CT molecular complexity index is 294. The molecule has 0 bridgehead atoms. The molecule has 0 aromatic heterocycles. The van der Waals surface area contributed by atoms with E-state index in [-0.39, 0.29) is 18.1 Å². The van der Waals surface area contributed by atoms with Crippen molar-refractivity contribution in [1.29, 1.82) is 0 Å². The predicted octanol–water partition coefficient (Wildman–Crippen LogP) is 1.25. The second-order valence-corrected chi connectivity index (χ2v) is 2.40. The van der Waals surface area contributed by atoms with Crippen LogP contribution in [0.5, 0.6) is 5.75 Å². The summed E-state index contributed by atoms with van der Waals surface area (Å²) >= 11 is 0. The molecule has 0 unspecified atom stereocenters. The van der Waals surface area contributed by atoms with Crippen LogP contribution in [-0.2, 0) is 0 Å². The Morgan fingerprint density at radius 2 is 2.08 bits per heavy atom. The molecule has 3 heteroatoms. The van der Waals surface area contributed by atoms with Gasteiger partial charge in [0.1, 0.15) is 11.5 Å². The Morgan fingerprint density at radius 1 is 1.42 bits per heavy atom. The summed E-state index contributed by atoms with van der Waals surface area (Å²) in [5, 5.41) is 18.3. The van der Waals surface area contributed by atoms with Crippen LogP contribution >= 0.6 is 0 Å². The van der Waals surface area contributed by atoms with Crippen LogP contribution in [0.2, 0.25) is 0 Å². The lowest BCUT2D eigenvalue weighted by molar-refractivity contribution is 0.408. The lowest BCUT2D eigenvalue weighted by atomic mass is 10.2. The zero-order valence-electron chi connectivity index (χ0n) is 6.57. The third-order valence-corrected chi connectivity index (χ3v) is 1.47. The van der Waals surface area contributed by atoms with Crippen molar-refractivity contribution >= 4 is 6.08 Å². The molecule has 0 aliphatic carbocycles. The monoisotopic (exact) mass is 165 g/mol.